The molecule has 14 heteroatoms. The Labute approximate surface area is 240 Å². The van der Waals surface area contributed by atoms with Gasteiger partial charge >= 0.3 is 6.03 Å². The number of ether oxygens (including phenoxy) is 2. The monoisotopic (exact) mass is 584 g/mol. The number of hydrogen-bond donors (Lipinski definition) is 1. The molecule has 5 heterocycles. The summed E-state index contributed by atoms with van der Waals surface area (Å²) in [5, 5.41) is 13.1. The SMILES string of the molecule is Cn1ncc(NCCN2CCOCC2)c1-c1cc(OC2CN(C(=O)N3N=CC[C@H]3c3cc(F)cc(F)c3)C2)c(F)cn1. The van der Waals surface area contributed by atoms with Crippen molar-refractivity contribution in [3.8, 4) is 17.1 Å². The number of carbonyl (C=O) groups excluding carboxylic acids is 1. The number of morpholine rings is 1. The molecule has 0 bridgehead atoms. The highest BCUT2D eigenvalue weighted by molar-refractivity contribution is 5.79. The molecule has 2 saturated heterocycles. The zero-order chi connectivity index (χ0) is 29.2. The smallest absolute Gasteiger partial charge is 0.341 e. The van der Waals surface area contributed by atoms with Gasteiger partial charge in [-0.15, -0.1) is 0 Å². The van der Waals surface area contributed by atoms with Crippen LogP contribution in [0.2, 0.25) is 0 Å². The molecule has 3 aliphatic heterocycles. The number of pyridine rings is 1. The highest BCUT2D eigenvalue weighted by atomic mass is 19.1. The van der Waals surface area contributed by atoms with E-state index in [1.165, 1.54) is 34.3 Å². The first-order valence-electron chi connectivity index (χ1n) is 13.8. The van der Waals surface area contributed by atoms with Crippen LogP contribution in [0.5, 0.6) is 5.75 Å². The molecule has 222 valence electrons. The number of nitrogens with one attached hydrogen (secondary N) is 1. The molecule has 42 heavy (non-hydrogen) atoms. The molecular formula is C28H31F3N8O3. The van der Waals surface area contributed by atoms with Gasteiger partial charge in [0.15, 0.2) is 11.6 Å². The maximum atomic E-state index is 14.7. The number of halogens is 3. The standard InChI is InChI=1S/C28H31F3N8O3/c1-36-27(24(15-35-36)32-4-5-37-6-8-41-9-7-37)23-13-26(22(31)14-33-23)42-21-16-38(17-21)28(40)39-25(2-3-34-39)18-10-19(29)12-20(30)11-18/h3,10-15,21,25,32H,2,4-9,16-17H2,1H3/t25-/m0/s1. The lowest BCUT2D eigenvalue weighted by Crippen LogP contribution is -2.58. The lowest BCUT2D eigenvalue weighted by atomic mass is 10.0. The van der Waals surface area contributed by atoms with Crippen LogP contribution in [0.25, 0.3) is 11.4 Å². The number of aromatic nitrogens is 3. The minimum absolute atomic E-state index is 0.0184. The Balaban J connectivity index is 1.07. The molecule has 0 saturated carbocycles. The molecule has 0 aliphatic carbocycles. The van der Waals surface area contributed by atoms with E-state index in [0.717, 1.165) is 50.8 Å². The van der Waals surface area contributed by atoms with Crippen LogP contribution in [0.3, 0.4) is 0 Å². The van der Waals surface area contributed by atoms with E-state index < -0.39 is 35.6 Å². The Morgan fingerprint density at radius 1 is 1.10 bits per heavy atom. The third-order valence-corrected chi connectivity index (χ3v) is 7.56. The molecule has 6 rings (SSSR count). The van der Waals surface area contributed by atoms with E-state index in [-0.39, 0.29) is 18.8 Å². The first-order valence-corrected chi connectivity index (χ1v) is 13.8. The van der Waals surface area contributed by atoms with Crippen LogP contribution in [0, 0.1) is 17.5 Å². The Bertz CT molecular complexity index is 1450. The minimum atomic E-state index is -0.720. The predicted octanol–water partition coefficient (Wildman–Crippen LogP) is 3.26. The Kier molecular flexibility index (Phi) is 7.98. The summed E-state index contributed by atoms with van der Waals surface area (Å²) in [5.74, 6) is -2.04. The normalized spacial score (nSPS) is 19.3. The molecule has 0 unspecified atom stereocenters. The highest BCUT2D eigenvalue weighted by Crippen LogP contribution is 2.33. The lowest BCUT2D eigenvalue weighted by Gasteiger charge is -2.41. The summed E-state index contributed by atoms with van der Waals surface area (Å²) >= 11 is 0. The predicted molar refractivity (Wildman–Crippen MR) is 148 cm³/mol. The first kappa shape index (κ1) is 28.0. The van der Waals surface area contributed by atoms with Crippen molar-refractivity contribution in [2.24, 2.45) is 12.1 Å². The van der Waals surface area contributed by atoms with E-state index in [2.05, 4.69) is 25.4 Å². The zero-order valence-corrected chi connectivity index (χ0v) is 23.0. The van der Waals surface area contributed by atoms with Crippen LogP contribution in [0.1, 0.15) is 18.0 Å². The molecule has 2 amide bonds. The third-order valence-electron chi connectivity index (χ3n) is 7.56. The fourth-order valence-corrected chi connectivity index (χ4v) is 5.32. The summed E-state index contributed by atoms with van der Waals surface area (Å²) in [6, 6.07) is 3.67. The number of benzene rings is 1. The lowest BCUT2D eigenvalue weighted by molar-refractivity contribution is 0.0256. The molecule has 0 spiro atoms. The van der Waals surface area contributed by atoms with Crippen molar-refractivity contribution in [1.82, 2.24) is 29.6 Å². The van der Waals surface area contributed by atoms with Gasteiger partial charge < -0.3 is 19.7 Å². The van der Waals surface area contributed by atoms with Gasteiger partial charge in [0.2, 0.25) is 0 Å². The summed E-state index contributed by atoms with van der Waals surface area (Å²) in [6.45, 7) is 5.20. The average molecular weight is 585 g/mol. The quantitative estimate of drug-likeness (QED) is 0.434. The maximum Gasteiger partial charge on any atom is 0.341 e. The number of hydrogen-bond acceptors (Lipinski definition) is 8. The van der Waals surface area contributed by atoms with Gasteiger partial charge in [-0.25, -0.2) is 23.0 Å². The third kappa shape index (κ3) is 5.90. The molecular weight excluding hydrogens is 553 g/mol. The van der Waals surface area contributed by atoms with Gasteiger partial charge in [0, 0.05) is 58.0 Å². The Hall–Kier alpha value is -4.17. The second kappa shape index (κ2) is 12.0. The van der Waals surface area contributed by atoms with E-state index in [1.807, 2.05) is 0 Å². The summed E-state index contributed by atoms with van der Waals surface area (Å²) in [5.41, 5.74) is 2.28. The molecule has 2 fully saturated rings. The number of likely N-dealkylation sites (tertiary alicyclic amines) is 1. The number of nitrogens with zero attached hydrogens (tertiary/aromatic N) is 7. The molecule has 1 aromatic carbocycles. The number of carbonyl (C=O) groups is 1. The fraction of sp³-hybridized carbons (Fsp3) is 0.429. The summed E-state index contributed by atoms with van der Waals surface area (Å²) in [6.07, 6.45) is 4.25. The van der Waals surface area contributed by atoms with Gasteiger partial charge in [-0.1, -0.05) is 0 Å². The number of aryl methyl sites for hydroxylation is 1. The van der Waals surface area contributed by atoms with E-state index >= 15 is 0 Å². The van der Waals surface area contributed by atoms with Crippen LogP contribution in [-0.4, -0.2) is 100 Å². The molecule has 2 aromatic heterocycles. The molecule has 1 atom stereocenters. The summed E-state index contributed by atoms with van der Waals surface area (Å²) in [4.78, 5) is 21.2. The van der Waals surface area contributed by atoms with E-state index in [4.69, 9.17) is 9.47 Å². The van der Waals surface area contributed by atoms with Gasteiger partial charge in [-0.3, -0.25) is 14.6 Å². The Morgan fingerprint density at radius 3 is 2.62 bits per heavy atom. The molecule has 3 aliphatic rings. The van der Waals surface area contributed by atoms with Gasteiger partial charge in [0.25, 0.3) is 0 Å². The number of hydrazone groups is 1. The van der Waals surface area contributed by atoms with Crippen molar-refractivity contribution in [3.05, 3.63) is 59.7 Å². The zero-order valence-electron chi connectivity index (χ0n) is 23.0. The molecule has 1 N–H and O–H groups in total. The molecule has 11 nitrogen and oxygen atoms in total. The van der Waals surface area contributed by atoms with Crippen molar-refractivity contribution in [2.75, 3.05) is 57.8 Å². The van der Waals surface area contributed by atoms with Gasteiger partial charge in [-0.2, -0.15) is 10.2 Å². The van der Waals surface area contributed by atoms with Crippen molar-refractivity contribution in [1.29, 1.82) is 0 Å². The van der Waals surface area contributed by atoms with Crippen molar-refractivity contribution in [3.63, 3.8) is 0 Å². The highest BCUT2D eigenvalue weighted by Gasteiger charge is 2.39. The first-order chi connectivity index (χ1) is 20.4. The summed E-state index contributed by atoms with van der Waals surface area (Å²) < 4.78 is 55.2. The van der Waals surface area contributed by atoms with Crippen LogP contribution < -0.4 is 10.1 Å². The minimum Gasteiger partial charge on any atom is -0.483 e. The Morgan fingerprint density at radius 2 is 1.86 bits per heavy atom. The number of rotatable bonds is 8. The molecule has 0 radical (unpaired) electrons. The van der Waals surface area contributed by atoms with Crippen molar-refractivity contribution in [2.45, 2.75) is 18.6 Å². The number of urea groups is 1. The van der Waals surface area contributed by atoms with Gasteiger partial charge in [0.05, 0.1) is 56.1 Å². The van der Waals surface area contributed by atoms with Gasteiger partial charge in [-0.05, 0) is 17.7 Å². The van der Waals surface area contributed by atoms with Crippen LogP contribution >= 0.6 is 0 Å². The van der Waals surface area contributed by atoms with Crippen LogP contribution in [-0.2, 0) is 11.8 Å². The number of amides is 2. The van der Waals surface area contributed by atoms with Crippen molar-refractivity contribution < 1.29 is 27.4 Å². The second-order valence-electron chi connectivity index (χ2n) is 10.4. The fourth-order valence-electron chi connectivity index (χ4n) is 5.32. The van der Waals surface area contributed by atoms with Crippen LogP contribution in [0.15, 0.2) is 41.8 Å². The van der Waals surface area contributed by atoms with Crippen molar-refractivity contribution >= 4 is 17.9 Å². The van der Waals surface area contributed by atoms with E-state index in [9.17, 15) is 18.0 Å². The second-order valence-corrected chi connectivity index (χ2v) is 10.4. The van der Waals surface area contributed by atoms with E-state index in [0.29, 0.717) is 29.9 Å². The van der Waals surface area contributed by atoms with E-state index in [1.54, 1.807) is 17.9 Å². The maximum absolute atomic E-state index is 14.7. The largest absolute Gasteiger partial charge is 0.483 e. The van der Waals surface area contributed by atoms with Crippen LogP contribution in [0.4, 0.5) is 23.7 Å². The topological polar surface area (TPSA) is 100 Å². The van der Waals surface area contributed by atoms with Gasteiger partial charge in [0.1, 0.15) is 23.4 Å². The average Bonchev–Trinajstić information content (AvgIpc) is 3.58. The molecule has 3 aromatic rings. The summed E-state index contributed by atoms with van der Waals surface area (Å²) in [7, 11) is 1.79. The number of anilines is 1.